The fourth-order valence-corrected chi connectivity index (χ4v) is 4.90. The van der Waals surface area contributed by atoms with Gasteiger partial charge in [0.2, 0.25) is 0 Å². The van der Waals surface area contributed by atoms with E-state index in [1.807, 2.05) is 53.3 Å². The van der Waals surface area contributed by atoms with Crippen LogP contribution >= 0.6 is 23.1 Å². The number of benzene rings is 2. The highest BCUT2D eigenvalue weighted by molar-refractivity contribution is 7.99. The zero-order valence-electron chi connectivity index (χ0n) is 21.0. The monoisotopic (exact) mass is 519 g/mol. The van der Waals surface area contributed by atoms with E-state index >= 15 is 0 Å². The van der Waals surface area contributed by atoms with Crippen molar-refractivity contribution in [3.8, 4) is 22.8 Å². The Morgan fingerprint density at radius 1 is 1.08 bits per heavy atom. The molecule has 0 radical (unpaired) electrons. The third-order valence-corrected chi connectivity index (χ3v) is 7.44. The molecule has 0 atom stereocenters. The number of methoxy groups -OCH3 is 1. The molecule has 4 aromatic rings. The summed E-state index contributed by atoms with van der Waals surface area (Å²) < 4.78 is 7.28. The lowest BCUT2D eigenvalue weighted by atomic mass is 9.87. The molecule has 0 saturated heterocycles. The van der Waals surface area contributed by atoms with Crippen molar-refractivity contribution in [2.24, 2.45) is 5.10 Å². The van der Waals surface area contributed by atoms with Crippen LogP contribution in [0.2, 0.25) is 0 Å². The van der Waals surface area contributed by atoms with Crippen LogP contribution < -0.4 is 10.2 Å². The minimum atomic E-state index is -0.212. The predicted molar refractivity (Wildman–Crippen MR) is 147 cm³/mol. The van der Waals surface area contributed by atoms with Crippen LogP contribution in [0.5, 0.6) is 5.75 Å². The first-order chi connectivity index (χ1) is 17.3. The van der Waals surface area contributed by atoms with Gasteiger partial charge in [0.1, 0.15) is 5.75 Å². The first kappa shape index (κ1) is 25.7. The van der Waals surface area contributed by atoms with E-state index in [1.165, 1.54) is 17.3 Å². The van der Waals surface area contributed by atoms with Gasteiger partial charge in [-0.3, -0.25) is 9.36 Å². The van der Waals surface area contributed by atoms with Gasteiger partial charge in [0.15, 0.2) is 11.0 Å². The quantitative estimate of drug-likeness (QED) is 0.177. The summed E-state index contributed by atoms with van der Waals surface area (Å²) in [5, 5.41) is 15.7. The Labute approximate surface area is 219 Å². The van der Waals surface area contributed by atoms with Crippen LogP contribution in [0.3, 0.4) is 0 Å². The standard InChI is InChI=1S/C27H29N5O2S2/c1-18(23-7-6-16-35-23)28-29-24(33)17-36-26-31-30-25(19-8-10-20(11-9-19)27(2,3)4)32(26)21-12-14-22(34-5)15-13-21/h6-16H,17H2,1-5H3,(H,29,33). The molecule has 0 fully saturated rings. The Hall–Kier alpha value is -3.43. The zero-order valence-corrected chi connectivity index (χ0v) is 22.6. The number of aromatic nitrogens is 3. The SMILES string of the molecule is COc1ccc(-n2c(SCC(=O)NN=C(C)c3cccs3)nnc2-c2ccc(C(C)(C)C)cc2)cc1. The van der Waals surface area contributed by atoms with Crippen LogP contribution in [0.25, 0.3) is 17.1 Å². The number of thioether (sulfide) groups is 1. The number of thiophene rings is 1. The average molecular weight is 520 g/mol. The van der Waals surface area contributed by atoms with Crippen molar-refractivity contribution in [3.05, 3.63) is 76.5 Å². The summed E-state index contributed by atoms with van der Waals surface area (Å²) in [5.41, 5.74) is 6.53. The number of carbonyl (C=O) groups excluding carboxylic acids is 1. The second-order valence-corrected chi connectivity index (χ2v) is 11.1. The second kappa shape index (κ2) is 11.1. The molecule has 9 heteroatoms. The molecule has 1 N–H and O–H groups in total. The first-order valence-corrected chi connectivity index (χ1v) is 13.3. The summed E-state index contributed by atoms with van der Waals surface area (Å²) in [6.07, 6.45) is 0. The maximum absolute atomic E-state index is 12.5. The third-order valence-electron chi connectivity index (χ3n) is 5.53. The lowest BCUT2D eigenvalue weighted by molar-refractivity contribution is -0.118. The van der Waals surface area contributed by atoms with E-state index in [4.69, 9.17) is 4.74 Å². The largest absolute Gasteiger partial charge is 0.497 e. The van der Waals surface area contributed by atoms with E-state index < -0.39 is 0 Å². The number of carbonyl (C=O) groups is 1. The molecule has 186 valence electrons. The molecule has 0 bridgehead atoms. The average Bonchev–Trinajstić information content (AvgIpc) is 3.56. The van der Waals surface area contributed by atoms with Crippen LogP contribution in [0.4, 0.5) is 0 Å². The summed E-state index contributed by atoms with van der Waals surface area (Å²) in [4.78, 5) is 13.5. The van der Waals surface area contributed by atoms with Gasteiger partial charge in [-0.05, 0) is 53.6 Å². The molecule has 2 aromatic heterocycles. The number of ether oxygens (including phenoxy) is 1. The van der Waals surface area contributed by atoms with Gasteiger partial charge in [0.25, 0.3) is 5.91 Å². The number of nitrogens with zero attached hydrogens (tertiary/aromatic N) is 4. The highest BCUT2D eigenvalue weighted by atomic mass is 32.2. The van der Waals surface area contributed by atoms with Gasteiger partial charge in [0.05, 0.1) is 18.6 Å². The van der Waals surface area contributed by atoms with E-state index in [0.29, 0.717) is 11.0 Å². The Bertz CT molecular complexity index is 1340. The summed E-state index contributed by atoms with van der Waals surface area (Å²) in [7, 11) is 1.64. The van der Waals surface area contributed by atoms with Gasteiger partial charge in [-0.1, -0.05) is 62.9 Å². The van der Waals surface area contributed by atoms with Crippen molar-refractivity contribution in [2.45, 2.75) is 38.3 Å². The molecule has 0 saturated carbocycles. The van der Waals surface area contributed by atoms with E-state index in [0.717, 1.165) is 27.6 Å². The van der Waals surface area contributed by atoms with Crippen LogP contribution in [-0.4, -0.2) is 39.2 Å². The molecule has 1 amide bonds. The number of hydrazone groups is 1. The van der Waals surface area contributed by atoms with E-state index in [9.17, 15) is 4.79 Å². The Kier molecular flexibility index (Phi) is 7.91. The summed E-state index contributed by atoms with van der Waals surface area (Å²) in [6, 6.07) is 20.0. The smallest absolute Gasteiger partial charge is 0.250 e. The Morgan fingerprint density at radius 2 is 1.81 bits per heavy atom. The van der Waals surface area contributed by atoms with Gasteiger partial charge < -0.3 is 4.74 Å². The van der Waals surface area contributed by atoms with Crippen LogP contribution in [0.15, 0.2) is 76.3 Å². The third kappa shape index (κ3) is 6.03. The number of hydrogen-bond donors (Lipinski definition) is 1. The van der Waals surface area contributed by atoms with Crippen LogP contribution in [-0.2, 0) is 10.2 Å². The molecular formula is C27H29N5O2S2. The zero-order chi connectivity index (χ0) is 25.7. The number of amides is 1. The molecule has 7 nitrogen and oxygen atoms in total. The summed E-state index contributed by atoms with van der Waals surface area (Å²) in [5.74, 6) is 1.40. The van der Waals surface area contributed by atoms with Crippen molar-refractivity contribution in [1.82, 2.24) is 20.2 Å². The maximum atomic E-state index is 12.5. The lowest BCUT2D eigenvalue weighted by Crippen LogP contribution is -2.21. The number of hydrogen-bond acceptors (Lipinski definition) is 7. The van der Waals surface area contributed by atoms with Gasteiger partial charge in [-0.2, -0.15) is 5.10 Å². The summed E-state index contributed by atoms with van der Waals surface area (Å²) in [6.45, 7) is 8.44. The molecule has 0 aliphatic rings. The topological polar surface area (TPSA) is 81.4 Å². The van der Waals surface area contributed by atoms with Crippen molar-refractivity contribution in [2.75, 3.05) is 12.9 Å². The first-order valence-electron chi connectivity index (χ1n) is 11.5. The van der Waals surface area contributed by atoms with Crippen molar-refractivity contribution in [1.29, 1.82) is 0 Å². The van der Waals surface area contributed by atoms with Crippen LogP contribution in [0.1, 0.15) is 38.1 Å². The molecule has 2 heterocycles. The molecular weight excluding hydrogens is 490 g/mol. The van der Waals surface area contributed by atoms with E-state index in [-0.39, 0.29) is 17.1 Å². The Morgan fingerprint density at radius 3 is 2.42 bits per heavy atom. The molecule has 0 aliphatic heterocycles. The van der Waals surface area contributed by atoms with E-state index in [1.54, 1.807) is 18.4 Å². The van der Waals surface area contributed by atoms with Gasteiger partial charge in [0, 0.05) is 16.1 Å². The molecule has 0 unspecified atom stereocenters. The highest BCUT2D eigenvalue weighted by Crippen LogP contribution is 2.30. The normalized spacial score (nSPS) is 12.0. The van der Waals surface area contributed by atoms with E-state index in [2.05, 4.69) is 65.8 Å². The van der Waals surface area contributed by atoms with Crippen molar-refractivity contribution >= 4 is 34.7 Å². The predicted octanol–water partition coefficient (Wildman–Crippen LogP) is 5.93. The molecule has 36 heavy (non-hydrogen) atoms. The number of nitrogens with one attached hydrogen (secondary N) is 1. The molecule has 0 aliphatic carbocycles. The van der Waals surface area contributed by atoms with Crippen molar-refractivity contribution in [3.63, 3.8) is 0 Å². The highest BCUT2D eigenvalue weighted by Gasteiger charge is 2.19. The van der Waals surface area contributed by atoms with Crippen molar-refractivity contribution < 1.29 is 9.53 Å². The molecule has 4 rings (SSSR count). The Balaban J connectivity index is 1.58. The van der Waals surface area contributed by atoms with Gasteiger partial charge in [-0.15, -0.1) is 21.5 Å². The fraction of sp³-hybridized carbons (Fsp3) is 0.259. The minimum Gasteiger partial charge on any atom is -0.497 e. The maximum Gasteiger partial charge on any atom is 0.250 e. The van der Waals surface area contributed by atoms with Gasteiger partial charge >= 0.3 is 0 Å². The number of rotatable bonds is 8. The molecule has 0 spiro atoms. The minimum absolute atomic E-state index is 0.0564. The molecule has 2 aromatic carbocycles. The van der Waals surface area contributed by atoms with Crippen LogP contribution in [0, 0.1) is 0 Å². The summed E-state index contributed by atoms with van der Waals surface area (Å²) >= 11 is 2.89. The lowest BCUT2D eigenvalue weighted by Gasteiger charge is -2.19. The fourth-order valence-electron chi connectivity index (χ4n) is 3.48. The second-order valence-electron chi connectivity index (χ2n) is 9.17. The van der Waals surface area contributed by atoms with Gasteiger partial charge in [-0.25, -0.2) is 5.43 Å².